The van der Waals surface area contributed by atoms with Gasteiger partial charge in [0.15, 0.2) is 5.78 Å². The highest BCUT2D eigenvalue weighted by Gasteiger charge is 2.54. The van der Waals surface area contributed by atoms with Gasteiger partial charge in [-0.2, -0.15) is 0 Å². The number of benzene rings is 2. The Morgan fingerprint density at radius 3 is 2.30 bits per heavy atom. The maximum Gasteiger partial charge on any atom is 0.167 e. The fourth-order valence-corrected chi connectivity index (χ4v) is 4.04. The molecule has 0 bridgehead atoms. The molecule has 0 amide bonds. The third-order valence-corrected chi connectivity index (χ3v) is 5.10. The zero-order valence-corrected chi connectivity index (χ0v) is 11.3. The van der Waals surface area contributed by atoms with Crippen molar-refractivity contribution in [2.45, 2.75) is 25.7 Å². The Morgan fingerprint density at radius 1 is 0.950 bits per heavy atom. The first-order valence-corrected chi connectivity index (χ1v) is 7.49. The smallest absolute Gasteiger partial charge is 0.167 e. The Balaban J connectivity index is 1.76. The van der Waals surface area contributed by atoms with E-state index in [-0.39, 0.29) is 17.5 Å². The Hall–Kier alpha value is -1.70. The van der Waals surface area contributed by atoms with Crippen LogP contribution in [-0.2, 0) is 0 Å². The molecule has 2 aromatic carbocycles. The quantitative estimate of drug-likeness (QED) is 0.728. The number of carbonyl (C=O) groups is 1. The van der Waals surface area contributed by atoms with E-state index < -0.39 is 0 Å². The highest BCUT2D eigenvalue weighted by molar-refractivity contribution is 6.10. The summed E-state index contributed by atoms with van der Waals surface area (Å²) in [4.78, 5) is 12.8. The molecule has 0 aromatic heterocycles. The van der Waals surface area contributed by atoms with E-state index in [0.29, 0.717) is 22.8 Å². The van der Waals surface area contributed by atoms with E-state index in [1.807, 2.05) is 18.2 Å². The molecule has 2 aliphatic carbocycles. The SMILES string of the molecule is O=C(c1ccc(F)c2ccccc12)C1C2CCCCC21. The molecule has 20 heavy (non-hydrogen) atoms. The summed E-state index contributed by atoms with van der Waals surface area (Å²) in [5.41, 5.74) is 0.710. The number of halogens is 1. The molecule has 2 aromatic rings. The van der Waals surface area contributed by atoms with Crippen molar-refractivity contribution in [2.24, 2.45) is 17.8 Å². The molecule has 0 radical (unpaired) electrons. The third-order valence-electron chi connectivity index (χ3n) is 5.10. The van der Waals surface area contributed by atoms with Crippen molar-refractivity contribution in [3.63, 3.8) is 0 Å². The number of rotatable bonds is 2. The third kappa shape index (κ3) is 1.71. The van der Waals surface area contributed by atoms with Gasteiger partial charge in [0.05, 0.1) is 0 Å². The zero-order chi connectivity index (χ0) is 13.7. The van der Waals surface area contributed by atoms with Crippen molar-refractivity contribution in [2.75, 3.05) is 0 Å². The number of carbonyl (C=O) groups excluding carboxylic acids is 1. The monoisotopic (exact) mass is 268 g/mol. The minimum Gasteiger partial charge on any atom is -0.294 e. The zero-order valence-electron chi connectivity index (χ0n) is 11.3. The fourth-order valence-electron chi connectivity index (χ4n) is 4.04. The maximum absolute atomic E-state index is 13.8. The molecule has 0 aliphatic heterocycles. The molecular formula is C18H17FO. The molecule has 1 nitrogen and oxygen atoms in total. The van der Waals surface area contributed by atoms with Crippen LogP contribution < -0.4 is 0 Å². The van der Waals surface area contributed by atoms with Gasteiger partial charge < -0.3 is 0 Å². The van der Waals surface area contributed by atoms with Crippen LogP contribution in [0.15, 0.2) is 36.4 Å². The fraction of sp³-hybridized carbons (Fsp3) is 0.389. The summed E-state index contributed by atoms with van der Waals surface area (Å²) >= 11 is 0. The van der Waals surface area contributed by atoms with Gasteiger partial charge in [0, 0.05) is 16.9 Å². The minimum atomic E-state index is -0.245. The van der Waals surface area contributed by atoms with Gasteiger partial charge in [-0.15, -0.1) is 0 Å². The molecule has 0 N–H and O–H groups in total. The molecule has 0 spiro atoms. The Morgan fingerprint density at radius 2 is 1.60 bits per heavy atom. The molecular weight excluding hydrogens is 251 g/mol. The van der Waals surface area contributed by atoms with E-state index in [1.54, 1.807) is 12.1 Å². The van der Waals surface area contributed by atoms with E-state index in [0.717, 1.165) is 5.39 Å². The molecule has 2 saturated carbocycles. The first-order chi connectivity index (χ1) is 9.77. The molecule has 0 heterocycles. The Labute approximate surface area is 117 Å². The minimum absolute atomic E-state index is 0.200. The summed E-state index contributed by atoms with van der Waals surface area (Å²) < 4.78 is 13.8. The molecule has 2 heteroatoms. The highest BCUT2D eigenvalue weighted by atomic mass is 19.1. The van der Waals surface area contributed by atoms with Crippen molar-refractivity contribution >= 4 is 16.6 Å². The van der Waals surface area contributed by atoms with Crippen molar-refractivity contribution < 1.29 is 9.18 Å². The Bertz CT molecular complexity index is 679. The lowest BCUT2D eigenvalue weighted by atomic mass is 9.97. The van der Waals surface area contributed by atoms with Crippen molar-refractivity contribution in [1.82, 2.24) is 0 Å². The van der Waals surface area contributed by atoms with Crippen LogP contribution in [0.3, 0.4) is 0 Å². The number of hydrogen-bond donors (Lipinski definition) is 0. The van der Waals surface area contributed by atoms with E-state index in [2.05, 4.69) is 0 Å². The average Bonchev–Trinajstić information content (AvgIpc) is 3.22. The van der Waals surface area contributed by atoms with Crippen LogP contribution in [0.5, 0.6) is 0 Å². The Kier molecular flexibility index (Phi) is 2.66. The second-order valence-electron chi connectivity index (χ2n) is 6.14. The van der Waals surface area contributed by atoms with Crippen LogP contribution in [0.1, 0.15) is 36.0 Å². The topological polar surface area (TPSA) is 17.1 Å². The first-order valence-electron chi connectivity index (χ1n) is 7.49. The van der Waals surface area contributed by atoms with Gasteiger partial charge in [0.25, 0.3) is 0 Å². The van der Waals surface area contributed by atoms with Gasteiger partial charge in [-0.25, -0.2) is 4.39 Å². The summed E-state index contributed by atoms with van der Waals surface area (Å²) in [6, 6.07) is 10.4. The second kappa shape index (κ2) is 4.41. The van der Waals surface area contributed by atoms with Gasteiger partial charge in [-0.1, -0.05) is 37.1 Å². The molecule has 2 fully saturated rings. The molecule has 2 aliphatic rings. The second-order valence-corrected chi connectivity index (χ2v) is 6.14. The van der Waals surface area contributed by atoms with Crippen LogP contribution >= 0.6 is 0 Å². The van der Waals surface area contributed by atoms with Crippen LogP contribution in [0.25, 0.3) is 10.8 Å². The van der Waals surface area contributed by atoms with E-state index in [9.17, 15) is 9.18 Å². The largest absolute Gasteiger partial charge is 0.294 e. The highest BCUT2D eigenvalue weighted by Crippen LogP contribution is 2.56. The van der Waals surface area contributed by atoms with Crippen LogP contribution in [0.4, 0.5) is 4.39 Å². The predicted octanol–water partition coefficient (Wildman–Crippen LogP) is 4.60. The van der Waals surface area contributed by atoms with Gasteiger partial charge in [0.1, 0.15) is 5.82 Å². The number of Topliss-reactive ketones (excluding diaryl/α,β-unsaturated/α-hetero) is 1. The summed E-state index contributed by atoms with van der Waals surface area (Å²) in [6.07, 6.45) is 4.91. The standard InChI is InChI=1S/C18H17FO/c19-16-10-9-15(11-5-1-2-6-12(11)16)18(20)17-13-7-3-4-8-14(13)17/h1-2,5-6,9-10,13-14,17H,3-4,7-8H2. The van der Waals surface area contributed by atoms with Crippen LogP contribution in [0.2, 0.25) is 0 Å². The first kappa shape index (κ1) is 12.1. The summed E-state index contributed by atoms with van der Waals surface area (Å²) in [6.45, 7) is 0. The van der Waals surface area contributed by atoms with E-state index in [4.69, 9.17) is 0 Å². The number of fused-ring (bicyclic) bond motifs is 2. The summed E-state index contributed by atoms with van der Waals surface area (Å²) in [7, 11) is 0. The number of hydrogen-bond acceptors (Lipinski definition) is 1. The summed E-state index contributed by atoms with van der Waals surface area (Å²) in [5, 5.41) is 1.32. The maximum atomic E-state index is 13.8. The van der Waals surface area contributed by atoms with Gasteiger partial charge in [-0.05, 0) is 42.2 Å². The molecule has 102 valence electrons. The summed E-state index contributed by atoms with van der Waals surface area (Å²) in [5.74, 6) is 1.38. The van der Waals surface area contributed by atoms with Gasteiger partial charge in [-0.3, -0.25) is 4.79 Å². The molecule has 2 atom stereocenters. The van der Waals surface area contributed by atoms with Crippen LogP contribution in [-0.4, -0.2) is 5.78 Å². The van der Waals surface area contributed by atoms with Gasteiger partial charge in [0.2, 0.25) is 0 Å². The molecule has 4 rings (SSSR count). The number of ketones is 1. The van der Waals surface area contributed by atoms with Crippen molar-refractivity contribution in [3.05, 3.63) is 47.8 Å². The van der Waals surface area contributed by atoms with E-state index >= 15 is 0 Å². The normalized spacial score (nSPS) is 28.1. The van der Waals surface area contributed by atoms with Crippen molar-refractivity contribution in [3.8, 4) is 0 Å². The van der Waals surface area contributed by atoms with Crippen molar-refractivity contribution in [1.29, 1.82) is 0 Å². The lowest BCUT2D eigenvalue weighted by Gasteiger charge is -2.06. The lowest BCUT2D eigenvalue weighted by Crippen LogP contribution is -2.05. The van der Waals surface area contributed by atoms with E-state index in [1.165, 1.54) is 31.7 Å². The molecule has 2 unspecified atom stereocenters. The molecule has 0 saturated heterocycles. The lowest BCUT2D eigenvalue weighted by molar-refractivity contribution is 0.0958. The van der Waals surface area contributed by atoms with Gasteiger partial charge >= 0.3 is 0 Å². The van der Waals surface area contributed by atoms with Crippen LogP contribution in [0, 0.1) is 23.6 Å². The average molecular weight is 268 g/mol. The predicted molar refractivity (Wildman–Crippen MR) is 77.2 cm³/mol.